The Hall–Kier alpha value is -9.38. The second-order valence-electron chi connectivity index (χ2n) is 19.9. The van der Waals surface area contributed by atoms with E-state index >= 15 is 0 Å². The Morgan fingerprint density at radius 1 is 0.236 bits per heavy atom. The minimum Gasteiger partial charge on any atom is -0.309 e. The van der Waals surface area contributed by atoms with E-state index in [1.807, 2.05) is 0 Å². The van der Waals surface area contributed by atoms with Crippen molar-refractivity contribution in [3.05, 3.63) is 253 Å². The molecule has 4 aromatic heterocycles. The minimum atomic E-state index is 0.889. The number of hydrogen-bond acceptors (Lipinski definition) is 0. The van der Waals surface area contributed by atoms with Crippen LogP contribution in [0.3, 0.4) is 0 Å². The van der Waals surface area contributed by atoms with Crippen molar-refractivity contribution in [2.24, 2.45) is 0 Å². The predicted molar refractivity (Wildman–Crippen MR) is 300 cm³/mol. The highest BCUT2D eigenvalue weighted by Crippen LogP contribution is 2.55. The van der Waals surface area contributed by atoms with E-state index in [0.29, 0.717) is 0 Å². The Kier molecular flexibility index (Phi) is 7.55. The Labute approximate surface area is 414 Å². The summed E-state index contributed by atoms with van der Waals surface area (Å²) in [5, 5.41) is 10.3. The van der Waals surface area contributed by atoms with Crippen LogP contribution in [0.1, 0.15) is 22.3 Å². The van der Waals surface area contributed by atoms with Gasteiger partial charge in [-0.25, -0.2) is 0 Å². The molecule has 72 heavy (non-hydrogen) atoms. The molecule has 2 aliphatic carbocycles. The van der Waals surface area contributed by atoms with Gasteiger partial charge in [0.25, 0.3) is 0 Å². The molecule has 0 aliphatic heterocycles. The molecular weight excluding hydrogens is 873 g/mol. The highest BCUT2D eigenvalue weighted by atomic mass is 15.0. The zero-order valence-corrected chi connectivity index (χ0v) is 39.1. The fourth-order valence-corrected chi connectivity index (χ4v) is 13.7. The molecule has 4 heterocycles. The monoisotopic (exact) mass is 914 g/mol. The van der Waals surface area contributed by atoms with Gasteiger partial charge in [-0.2, -0.15) is 0 Å². The minimum absolute atomic E-state index is 0.889. The van der Waals surface area contributed by atoms with Gasteiger partial charge >= 0.3 is 0 Å². The molecule has 17 rings (SSSR count). The van der Waals surface area contributed by atoms with Gasteiger partial charge in [0, 0.05) is 78.7 Å². The topological polar surface area (TPSA) is 19.7 Å². The SMILES string of the molecule is c1ccc(-n2c3ccccc3c3c2c2c(c4c5ccccc5n(-c5ccc(-n6c7ccccc7c7c8c(c9c(c%10ccccc%10n9-c9ccccc9)c76)Cc6ccccc6-8)cc5)c43)-c3ccccc3C2)cc1. The molecule has 0 unspecified atom stereocenters. The normalized spacial score (nSPS) is 12.9. The lowest BCUT2D eigenvalue weighted by molar-refractivity contribution is 1.14. The number of hydrogen-bond donors (Lipinski definition) is 0. The van der Waals surface area contributed by atoms with E-state index in [0.717, 1.165) is 24.2 Å². The van der Waals surface area contributed by atoms with Gasteiger partial charge in [0.15, 0.2) is 0 Å². The Balaban J connectivity index is 0.995. The second-order valence-corrected chi connectivity index (χ2v) is 19.9. The average molecular weight is 915 g/mol. The van der Waals surface area contributed by atoms with Crippen LogP contribution < -0.4 is 0 Å². The molecule has 0 amide bonds. The predicted octanol–water partition coefficient (Wildman–Crippen LogP) is 17.2. The van der Waals surface area contributed by atoms with Crippen LogP contribution in [0.5, 0.6) is 0 Å². The van der Waals surface area contributed by atoms with E-state index in [2.05, 4.69) is 249 Å². The van der Waals surface area contributed by atoms with Crippen LogP contribution in [0.25, 0.3) is 132 Å². The highest BCUT2D eigenvalue weighted by molar-refractivity contribution is 6.33. The molecule has 11 aromatic carbocycles. The Morgan fingerprint density at radius 2 is 0.528 bits per heavy atom. The maximum absolute atomic E-state index is 2.57. The number of fused-ring (bicyclic) bond motifs is 24. The molecule has 0 N–H and O–H groups in total. The van der Waals surface area contributed by atoms with Crippen molar-refractivity contribution >= 4 is 87.2 Å². The molecule has 0 atom stereocenters. The lowest BCUT2D eigenvalue weighted by atomic mass is 9.95. The van der Waals surface area contributed by atoms with E-state index in [9.17, 15) is 0 Å². The largest absolute Gasteiger partial charge is 0.309 e. The number of benzene rings is 11. The van der Waals surface area contributed by atoms with Gasteiger partial charge in [-0.3, -0.25) is 0 Å². The molecule has 0 fully saturated rings. The van der Waals surface area contributed by atoms with E-state index in [1.165, 1.54) is 143 Å². The first-order valence-electron chi connectivity index (χ1n) is 25.2. The molecule has 4 nitrogen and oxygen atoms in total. The fourth-order valence-electron chi connectivity index (χ4n) is 13.7. The molecule has 2 aliphatic rings. The van der Waals surface area contributed by atoms with Gasteiger partial charge in [-0.15, -0.1) is 0 Å². The summed E-state index contributed by atoms with van der Waals surface area (Å²) in [5.74, 6) is 0. The first-order chi connectivity index (χ1) is 35.8. The number of rotatable bonds is 4. The van der Waals surface area contributed by atoms with Gasteiger partial charge in [0.2, 0.25) is 0 Å². The first kappa shape index (κ1) is 38.5. The summed E-state index contributed by atoms with van der Waals surface area (Å²) in [5.41, 5.74) is 25.5. The fraction of sp³-hybridized carbons (Fsp3) is 0.0294. The van der Waals surface area contributed by atoms with Crippen LogP contribution in [-0.2, 0) is 12.8 Å². The highest BCUT2D eigenvalue weighted by Gasteiger charge is 2.34. The van der Waals surface area contributed by atoms with Crippen LogP contribution in [-0.4, -0.2) is 18.3 Å². The molecule has 334 valence electrons. The Bertz CT molecular complexity index is 4520. The smallest absolute Gasteiger partial charge is 0.0647 e. The number of nitrogens with zero attached hydrogens (tertiary/aromatic N) is 4. The van der Waals surface area contributed by atoms with Gasteiger partial charge < -0.3 is 18.3 Å². The van der Waals surface area contributed by atoms with E-state index in [-0.39, 0.29) is 0 Å². The summed E-state index contributed by atoms with van der Waals surface area (Å²) in [6.07, 6.45) is 1.78. The van der Waals surface area contributed by atoms with E-state index in [1.54, 1.807) is 0 Å². The van der Waals surface area contributed by atoms with Crippen LogP contribution in [0.4, 0.5) is 0 Å². The zero-order valence-electron chi connectivity index (χ0n) is 39.1. The van der Waals surface area contributed by atoms with Gasteiger partial charge in [-0.05, 0) is 117 Å². The maximum Gasteiger partial charge on any atom is 0.0647 e. The molecule has 0 bridgehead atoms. The number of aromatic nitrogens is 4. The van der Waals surface area contributed by atoms with Crippen molar-refractivity contribution in [1.29, 1.82) is 0 Å². The third-order valence-corrected chi connectivity index (χ3v) is 16.4. The quantitative estimate of drug-likeness (QED) is 0.168. The standard InChI is InChI=1S/C68H42N4/c1-3-21-43(22-4-1)69-57-33-17-13-29-51(57)63-65(69)53-39-41-19-7-9-25-47(41)59(53)61-49-27-11-15-31-55(49)71(67(61)63)45-35-37-46(38-36-45)72-56-32-16-12-28-50(56)62-60-48-26-10-8-20-42(48)40-54(60)66-64(68(62)72)52-30-14-18-34-58(52)70(66)44-23-5-2-6-24-44/h1-38H,39-40H2. The van der Waals surface area contributed by atoms with Gasteiger partial charge in [0.1, 0.15) is 0 Å². The van der Waals surface area contributed by atoms with Crippen molar-refractivity contribution in [2.75, 3.05) is 0 Å². The summed E-state index contributed by atoms with van der Waals surface area (Å²) in [7, 11) is 0. The lowest BCUT2D eigenvalue weighted by Crippen LogP contribution is -2.00. The van der Waals surface area contributed by atoms with Crippen molar-refractivity contribution < 1.29 is 0 Å². The Morgan fingerprint density at radius 3 is 0.917 bits per heavy atom. The van der Waals surface area contributed by atoms with Crippen LogP contribution in [0, 0.1) is 0 Å². The first-order valence-corrected chi connectivity index (χ1v) is 25.2. The van der Waals surface area contributed by atoms with Crippen molar-refractivity contribution in [1.82, 2.24) is 18.3 Å². The van der Waals surface area contributed by atoms with Gasteiger partial charge in [0.05, 0.1) is 44.1 Å². The summed E-state index contributed by atoms with van der Waals surface area (Å²) < 4.78 is 10.2. The van der Waals surface area contributed by atoms with E-state index in [4.69, 9.17) is 0 Å². The third kappa shape index (κ3) is 4.86. The summed E-state index contributed by atoms with van der Waals surface area (Å²) >= 11 is 0. The molecule has 0 saturated carbocycles. The summed E-state index contributed by atoms with van der Waals surface area (Å²) in [6, 6.07) is 85.8. The molecule has 0 saturated heterocycles. The molecule has 15 aromatic rings. The van der Waals surface area contributed by atoms with Crippen LogP contribution in [0.2, 0.25) is 0 Å². The number of para-hydroxylation sites is 6. The van der Waals surface area contributed by atoms with Gasteiger partial charge in [-0.1, -0.05) is 158 Å². The third-order valence-electron chi connectivity index (χ3n) is 16.4. The second kappa shape index (κ2) is 14.1. The zero-order chi connectivity index (χ0) is 46.8. The molecule has 0 spiro atoms. The van der Waals surface area contributed by atoms with Crippen molar-refractivity contribution in [2.45, 2.75) is 12.8 Å². The van der Waals surface area contributed by atoms with Crippen molar-refractivity contribution in [3.63, 3.8) is 0 Å². The molecule has 0 radical (unpaired) electrons. The van der Waals surface area contributed by atoms with Crippen molar-refractivity contribution in [3.8, 4) is 45.0 Å². The van der Waals surface area contributed by atoms with Crippen LogP contribution >= 0.6 is 0 Å². The van der Waals surface area contributed by atoms with E-state index < -0.39 is 0 Å². The molecule has 4 heteroatoms. The summed E-state index contributed by atoms with van der Waals surface area (Å²) in [6.45, 7) is 0. The average Bonchev–Trinajstić information content (AvgIpc) is 4.29. The van der Waals surface area contributed by atoms with Crippen LogP contribution in [0.15, 0.2) is 231 Å². The summed E-state index contributed by atoms with van der Waals surface area (Å²) in [4.78, 5) is 0. The lowest BCUT2D eigenvalue weighted by Gasteiger charge is -2.16. The molecular formula is C68H42N4. The maximum atomic E-state index is 2.57.